The van der Waals surface area contributed by atoms with Crippen LogP contribution in [0.1, 0.15) is 20.9 Å². The number of hydrogen-bond donors (Lipinski definition) is 0. The van der Waals surface area contributed by atoms with Crippen LogP contribution in [0.15, 0.2) is 29.6 Å². The zero-order valence-corrected chi connectivity index (χ0v) is 14.3. The van der Waals surface area contributed by atoms with E-state index >= 15 is 0 Å². The molecule has 2 aromatic heterocycles. The largest absolute Gasteiger partial charge is 0.307 e. The number of hydrogen-bond acceptors (Lipinski definition) is 4. The zero-order chi connectivity index (χ0) is 16.8. The molecule has 4 rings (SSSR count). The van der Waals surface area contributed by atoms with Gasteiger partial charge in [0.1, 0.15) is 21.5 Å². The molecule has 24 heavy (non-hydrogen) atoms. The zero-order valence-electron chi connectivity index (χ0n) is 12.7. The molecule has 0 fully saturated rings. The van der Waals surface area contributed by atoms with Crippen molar-refractivity contribution in [3.05, 3.63) is 57.4 Å². The van der Waals surface area contributed by atoms with Crippen LogP contribution in [0.4, 0.5) is 14.5 Å². The molecule has 0 atom stereocenters. The van der Waals surface area contributed by atoms with Gasteiger partial charge < -0.3 is 4.90 Å². The number of aryl methyl sites for hydroxylation is 1. The summed E-state index contributed by atoms with van der Waals surface area (Å²) >= 11 is 2.87. The van der Waals surface area contributed by atoms with E-state index in [-0.39, 0.29) is 5.91 Å². The van der Waals surface area contributed by atoms with Gasteiger partial charge in [0, 0.05) is 18.2 Å². The molecular formula is C17H12F2N2OS2. The maximum atomic E-state index is 13.9. The number of carbonyl (C=O) groups is 1. The average molecular weight is 362 g/mol. The van der Waals surface area contributed by atoms with E-state index in [1.807, 2.05) is 17.5 Å². The molecule has 0 N–H and O–H groups in total. The van der Waals surface area contributed by atoms with Crippen molar-refractivity contribution in [3.8, 4) is 9.88 Å². The molecule has 3 heterocycles. The summed E-state index contributed by atoms with van der Waals surface area (Å²) in [5, 5.41) is 2.74. The van der Waals surface area contributed by atoms with Gasteiger partial charge in [0.05, 0.1) is 16.3 Å². The molecule has 0 unspecified atom stereocenters. The second-order valence-corrected chi connectivity index (χ2v) is 7.45. The third kappa shape index (κ3) is 2.44. The number of benzene rings is 1. The van der Waals surface area contributed by atoms with Crippen LogP contribution in [-0.4, -0.2) is 17.4 Å². The normalized spacial score (nSPS) is 13.4. The van der Waals surface area contributed by atoms with Gasteiger partial charge >= 0.3 is 0 Å². The van der Waals surface area contributed by atoms with Crippen molar-refractivity contribution in [1.82, 2.24) is 4.98 Å². The fourth-order valence-corrected chi connectivity index (χ4v) is 4.67. The van der Waals surface area contributed by atoms with Crippen molar-refractivity contribution in [1.29, 1.82) is 0 Å². The maximum absolute atomic E-state index is 13.9. The third-order valence-electron chi connectivity index (χ3n) is 3.98. The standard InChI is InChI=1S/C17H12F2N2OS2/c1-9-15(24-16(20-9)14-3-2-6-23-14)17(22)21-5-4-11-12(19)7-10(18)8-13(11)21/h2-3,6-8H,4-5H2,1H3. The minimum atomic E-state index is -0.675. The predicted molar refractivity (Wildman–Crippen MR) is 91.9 cm³/mol. The van der Waals surface area contributed by atoms with Gasteiger partial charge in [0.15, 0.2) is 0 Å². The van der Waals surface area contributed by atoms with Crippen molar-refractivity contribution in [2.24, 2.45) is 0 Å². The van der Waals surface area contributed by atoms with Crippen LogP contribution < -0.4 is 4.90 Å². The molecule has 1 aromatic carbocycles. The van der Waals surface area contributed by atoms with Gasteiger partial charge in [-0.25, -0.2) is 13.8 Å². The Hall–Kier alpha value is -2.12. The van der Waals surface area contributed by atoms with Gasteiger partial charge in [0.2, 0.25) is 0 Å². The van der Waals surface area contributed by atoms with Crippen LogP contribution in [0.5, 0.6) is 0 Å². The Morgan fingerprint density at radius 2 is 2.17 bits per heavy atom. The number of thiophene rings is 1. The fraction of sp³-hybridized carbons (Fsp3) is 0.176. The smallest absolute Gasteiger partial charge is 0.270 e. The van der Waals surface area contributed by atoms with Crippen LogP contribution in [0.2, 0.25) is 0 Å². The first-order valence-electron chi connectivity index (χ1n) is 7.35. The van der Waals surface area contributed by atoms with Gasteiger partial charge in [-0.05, 0) is 30.9 Å². The molecule has 0 radical (unpaired) electrons. The summed E-state index contributed by atoms with van der Waals surface area (Å²) in [5.41, 5.74) is 1.35. The van der Waals surface area contributed by atoms with E-state index in [0.29, 0.717) is 34.8 Å². The molecule has 0 aliphatic carbocycles. The first kappa shape index (κ1) is 15.4. The molecular weight excluding hydrogens is 350 g/mol. The molecule has 1 amide bonds. The molecule has 122 valence electrons. The lowest BCUT2D eigenvalue weighted by molar-refractivity contribution is 0.0992. The number of anilines is 1. The maximum Gasteiger partial charge on any atom is 0.270 e. The molecule has 7 heteroatoms. The summed E-state index contributed by atoms with van der Waals surface area (Å²) in [7, 11) is 0. The quantitative estimate of drug-likeness (QED) is 0.664. The highest BCUT2D eigenvalue weighted by Gasteiger charge is 2.31. The number of rotatable bonds is 2. The molecule has 1 aliphatic heterocycles. The van der Waals surface area contributed by atoms with E-state index in [9.17, 15) is 13.6 Å². The average Bonchev–Trinajstić information content (AvgIpc) is 3.24. The van der Waals surface area contributed by atoms with Crippen LogP contribution in [0.3, 0.4) is 0 Å². The molecule has 1 aliphatic rings. The topological polar surface area (TPSA) is 33.2 Å². The fourth-order valence-electron chi connectivity index (χ4n) is 2.86. The van der Waals surface area contributed by atoms with Crippen molar-refractivity contribution in [2.75, 3.05) is 11.4 Å². The Bertz CT molecular complexity index is 934. The highest BCUT2D eigenvalue weighted by Crippen LogP contribution is 2.36. The van der Waals surface area contributed by atoms with E-state index in [1.165, 1.54) is 22.3 Å². The van der Waals surface area contributed by atoms with Crippen molar-refractivity contribution < 1.29 is 13.6 Å². The lowest BCUT2D eigenvalue weighted by Gasteiger charge is -2.16. The molecule has 0 bridgehead atoms. The third-order valence-corrected chi connectivity index (χ3v) is 6.17. The van der Waals surface area contributed by atoms with E-state index in [0.717, 1.165) is 16.0 Å². The SMILES string of the molecule is Cc1nc(-c2cccs2)sc1C(=O)N1CCc2c(F)cc(F)cc21. The summed E-state index contributed by atoms with van der Waals surface area (Å²) in [6.07, 6.45) is 0.392. The minimum Gasteiger partial charge on any atom is -0.307 e. The number of nitrogens with zero attached hydrogens (tertiary/aromatic N) is 2. The summed E-state index contributed by atoms with van der Waals surface area (Å²) in [6, 6.07) is 5.97. The lowest BCUT2D eigenvalue weighted by atomic mass is 10.1. The van der Waals surface area contributed by atoms with E-state index in [1.54, 1.807) is 18.3 Å². The second kappa shape index (κ2) is 5.75. The second-order valence-electron chi connectivity index (χ2n) is 5.50. The van der Waals surface area contributed by atoms with Gasteiger partial charge in [0.25, 0.3) is 5.91 Å². The molecule has 0 saturated carbocycles. The van der Waals surface area contributed by atoms with Crippen LogP contribution in [-0.2, 0) is 6.42 Å². The number of aromatic nitrogens is 1. The van der Waals surface area contributed by atoms with Gasteiger partial charge in [-0.1, -0.05) is 6.07 Å². The van der Waals surface area contributed by atoms with Gasteiger partial charge in [-0.15, -0.1) is 22.7 Å². The molecule has 0 spiro atoms. The Balaban J connectivity index is 1.72. The van der Waals surface area contributed by atoms with Crippen molar-refractivity contribution in [2.45, 2.75) is 13.3 Å². The molecule has 3 aromatic rings. The minimum absolute atomic E-state index is 0.253. The van der Waals surface area contributed by atoms with E-state index in [4.69, 9.17) is 0 Å². The van der Waals surface area contributed by atoms with Crippen molar-refractivity contribution >= 4 is 34.3 Å². The van der Waals surface area contributed by atoms with Crippen LogP contribution in [0, 0.1) is 18.6 Å². The summed E-state index contributed by atoms with van der Waals surface area (Å²) in [4.78, 5) is 20.3. The summed E-state index contributed by atoms with van der Waals surface area (Å²) < 4.78 is 27.4. The van der Waals surface area contributed by atoms with Crippen LogP contribution >= 0.6 is 22.7 Å². The first-order chi connectivity index (χ1) is 11.5. The highest BCUT2D eigenvalue weighted by atomic mass is 32.1. The first-order valence-corrected chi connectivity index (χ1v) is 9.05. The summed E-state index contributed by atoms with van der Waals surface area (Å²) in [6.45, 7) is 2.13. The predicted octanol–water partition coefficient (Wildman–Crippen LogP) is 4.66. The Morgan fingerprint density at radius 1 is 1.33 bits per heavy atom. The number of carbonyl (C=O) groups excluding carboxylic acids is 1. The Morgan fingerprint density at radius 3 is 2.92 bits per heavy atom. The highest BCUT2D eigenvalue weighted by molar-refractivity contribution is 7.22. The van der Waals surface area contributed by atoms with Crippen LogP contribution in [0.25, 0.3) is 9.88 Å². The van der Waals surface area contributed by atoms with Gasteiger partial charge in [-0.3, -0.25) is 4.79 Å². The number of fused-ring (bicyclic) bond motifs is 1. The van der Waals surface area contributed by atoms with Gasteiger partial charge in [-0.2, -0.15) is 0 Å². The van der Waals surface area contributed by atoms with Crippen molar-refractivity contribution in [3.63, 3.8) is 0 Å². The Kier molecular flexibility index (Phi) is 3.69. The van der Waals surface area contributed by atoms with E-state index in [2.05, 4.69) is 4.98 Å². The Labute approximate surface area is 145 Å². The monoisotopic (exact) mass is 362 g/mol. The molecule has 0 saturated heterocycles. The van der Waals surface area contributed by atoms with E-state index < -0.39 is 11.6 Å². The summed E-state index contributed by atoms with van der Waals surface area (Å²) in [5.74, 6) is -1.52. The number of amides is 1. The lowest BCUT2D eigenvalue weighted by Crippen LogP contribution is -2.28. The number of thiazole rings is 1. The number of halogens is 2. The molecule has 3 nitrogen and oxygen atoms in total.